The number of halogens is 3. The summed E-state index contributed by atoms with van der Waals surface area (Å²) in [4.78, 5) is 3.75. The van der Waals surface area contributed by atoms with Gasteiger partial charge in [-0.05, 0) is 87.9 Å². The van der Waals surface area contributed by atoms with Gasteiger partial charge in [0.1, 0.15) is 17.1 Å². The van der Waals surface area contributed by atoms with Gasteiger partial charge in [0.05, 0.1) is 46.0 Å². The molecule has 2 atom stereocenters. The van der Waals surface area contributed by atoms with Crippen molar-refractivity contribution in [3.63, 3.8) is 0 Å². The van der Waals surface area contributed by atoms with Gasteiger partial charge in [-0.15, -0.1) is 13.2 Å². The van der Waals surface area contributed by atoms with E-state index < -0.39 is 26.6 Å². The zero-order valence-corrected chi connectivity index (χ0v) is 31.0. The first-order valence-corrected chi connectivity index (χ1v) is 18.0. The number of hydrogen-bond acceptors (Lipinski definition) is 9. The maximum Gasteiger partial charge on any atom is 0.573 e. The maximum absolute atomic E-state index is 12.4. The highest BCUT2D eigenvalue weighted by atomic mass is 31.2. The first kappa shape index (κ1) is 41.7. The zero-order chi connectivity index (χ0) is 37.3. The molecule has 0 saturated carbocycles. The van der Waals surface area contributed by atoms with Crippen molar-refractivity contribution in [3.8, 4) is 17.6 Å². The molecule has 3 rings (SSSR count). The summed E-state index contributed by atoms with van der Waals surface area (Å²) in [5.41, 5.74) is 1.50. The highest BCUT2D eigenvalue weighted by Crippen LogP contribution is 2.48. The van der Waals surface area contributed by atoms with Crippen LogP contribution in [0.15, 0.2) is 83.9 Å². The first-order valence-electron chi connectivity index (χ1n) is 16.9. The third-order valence-electron chi connectivity index (χ3n) is 7.88. The van der Waals surface area contributed by atoms with Crippen LogP contribution in [0.25, 0.3) is 0 Å². The lowest BCUT2D eigenvalue weighted by atomic mass is 9.80. The minimum Gasteiger partial charge on any atom is -0.497 e. The molecule has 2 unspecified atom stereocenters. The van der Waals surface area contributed by atoms with Crippen LogP contribution in [0.4, 0.5) is 13.2 Å². The summed E-state index contributed by atoms with van der Waals surface area (Å²) in [5.74, 6) is 1.39. The molecule has 13 heteroatoms. The summed E-state index contributed by atoms with van der Waals surface area (Å²) in [7, 11) is 1.61. The lowest BCUT2D eigenvalue weighted by Crippen LogP contribution is -2.38. The van der Waals surface area contributed by atoms with Gasteiger partial charge in [0, 0.05) is 18.6 Å². The van der Waals surface area contributed by atoms with Gasteiger partial charge in [-0.2, -0.15) is 5.26 Å². The van der Waals surface area contributed by atoms with Crippen molar-refractivity contribution in [2.24, 2.45) is 4.99 Å². The van der Waals surface area contributed by atoms with E-state index in [-0.39, 0.29) is 38.3 Å². The van der Waals surface area contributed by atoms with Gasteiger partial charge in [0.25, 0.3) is 8.53 Å². The van der Waals surface area contributed by atoms with Crippen molar-refractivity contribution in [2.45, 2.75) is 83.5 Å². The SMILES string of the molecule is COc1ccc(C(OCC(CCCCN=COC(F)(F)F)OP(OCCC#N)N(C(C)C)C(C)C)(c2ccccc2)c2ccc(OC)cc2)cc1. The third kappa shape index (κ3) is 12.8. The number of rotatable bonds is 22. The van der Waals surface area contributed by atoms with Gasteiger partial charge in [-0.1, -0.05) is 54.6 Å². The molecule has 51 heavy (non-hydrogen) atoms. The quantitative estimate of drug-likeness (QED) is 0.0332. The van der Waals surface area contributed by atoms with Crippen LogP contribution in [0.1, 0.15) is 70.1 Å². The molecule has 0 heterocycles. The molecule has 3 aromatic carbocycles. The van der Waals surface area contributed by atoms with Crippen LogP contribution in [-0.2, 0) is 24.1 Å². The number of ether oxygens (including phenoxy) is 4. The minimum atomic E-state index is -4.78. The molecule has 0 saturated heterocycles. The van der Waals surface area contributed by atoms with Crippen molar-refractivity contribution in [1.82, 2.24) is 4.67 Å². The van der Waals surface area contributed by atoms with Crippen molar-refractivity contribution >= 4 is 14.9 Å². The summed E-state index contributed by atoms with van der Waals surface area (Å²) < 4.78 is 74.1. The molecule has 0 N–H and O–H groups in total. The number of nitrogens with zero attached hydrogens (tertiary/aromatic N) is 3. The Morgan fingerprint density at radius 1 is 0.824 bits per heavy atom. The number of benzene rings is 3. The molecule has 0 aliphatic heterocycles. The minimum absolute atomic E-state index is 0.0738. The second-order valence-corrected chi connectivity index (χ2v) is 13.6. The van der Waals surface area contributed by atoms with Crippen LogP contribution in [0.5, 0.6) is 11.5 Å². The topological polar surface area (TPSA) is 94.8 Å². The van der Waals surface area contributed by atoms with Gasteiger partial charge < -0.3 is 28.0 Å². The Balaban J connectivity index is 2.05. The van der Waals surface area contributed by atoms with Gasteiger partial charge in [0.15, 0.2) is 6.40 Å². The molecule has 9 nitrogen and oxygen atoms in total. The summed E-state index contributed by atoms with van der Waals surface area (Å²) in [6, 6.07) is 27.7. The Bertz CT molecular complexity index is 1430. The summed E-state index contributed by atoms with van der Waals surface area (Å²) in [6.07, 6.45) is -3.09. The number of alkyl halides is 3. The number of unbranched alkanes of at least 4 members (excludes halogenated alkanes) is 1. The monoisotopic (exact) mass is 731 g/mol. The molecule has 0 bridgehead atoms. The Hall–Kier alpha value is -3.72. The van der Waals surface area contributed by atoms with Crippen molar-refractivity contribution in [1.29, 1.82) is 5.26 Å². The molecule has 0 aliphatic carbocycles. The predicted octanol–water partition coefficient (Wildman–Crippen LogP) is 9.41. The number of hydrogen-bond donors (Lipinski definition) is 0. The normalized spacial score (nSPS) is 13.5. The summed E-state index contributed by atoms with van der Waals surface area (Å²) >= 11 is 0. The largest absolute Gasteiger partial charge is 0.573 e. The van der Waals surface area contributed by atoms with E-state index in [9.17, 15) is 18.4 Å². The molecular weight excluding hydrogens is 682 g/mol. The summed E-state index contributed by atoms with van der Waals surface area (Å²) in [6.45, 7) is 8.72. The molecule has 0 aliphatic rings. The van der Waals surface area contributed by atoms with Crippen LogP contribution >= 0.6 is 8.53 Å². The Kier molecular flexibility index (Phi) is 17.1. The van der Waals surface area contributed by atoms with Crippen molar-refractivity contribution < 1.29 is 41.2 Å². The fourth-order valence-electron chi connectivity index (χ4n) is 5.61. The van der Waals surface area contributed by atoms with Crippen molar-refractivity contribution in [2.75, 3.05) is 34.0 Å². The van der Waals surface area contributed by atoms with Crippen LogP contribution in [0, 0.1) is 11.3 Å². The standard InChI is InChI=1S/C38H49F3N3O6P/c1-29(2)44(30(3)4)51(49-26-12-24-42)50-36(15-10-11-25-43-28-48-38(39,40)41)27-47-37(31-13-8-7-9-14-31,32-16-20-34(45-5)21-17-32)33-18-22-35(46-6)23-19-33/h7-9,13-14,16-23,28-30,36H,10-12,15,25-27H2,1-6H3. The molecule has 278 valence electrons. The first-order chi connectivity index (χ1) is 24.4. The Labute approximate surface area is 301 Å². The highest BCUT2D eigenvalue weighted by Gasteiger charge is 2.39. The molecule has 0 radical (unpaired) electrons. The molecule has 0 aromatic heterocycles. The average molecular weight is 732 g/mol. The van der Waals surface area contributed by atoms with Crippen LogP contribution in [-0.4, -0.2) is 69.6 Å². The van der Waals surface area contributed by atoms with Gasteiger partial charge in [0.2, 0.25) is 0 Å². The van der Waals surface area contributed by atoms with E-state index >= 15 is 0 Å². The van der Waals surface area contributed by atoms with E-state index in [4.69, 9.17) is 23.3 Å². The van der Waals surface area contributed by atoms with E-state index in [0.29, 0.717) is 37.2 Å². The van der Waals surface area contributed by atoms with Crippen LogP contribution < -0.4 is 9.47 Å². The number of methoxy groups -OCH3 is 2. The highest BCUT2D eigenvalue weighted by molar-refractivity contribution is 7.44. The smallest absolute Gasteiger partial charge is 0.497 e. The number of aliphatic imine (C=N–C) groups is 1. The van der Waals surface area contributed by atoms with E-state index in [1.165, 1.54) is 0 Å². The van der Waals surface area contributed by atoms with Gasteiger partial charge in [-0.3, -0.25) is 4.99 Å². The lowest BCUT2D eigenvalue weighted by Gasteiger charge is -2.39. The van der Waals surface area contributed by atoms with E-state index in [1.54, 1.807) is 14.2 Å². The Morgan fingerprint density at radius 2 is 1.37 bits per heavy atom. The maximum atomic E-state index is 12.4. The van der Waals surface area contributed by atoms with Crippen LogP contribution in [0.3, 0.4) is 0 Å². The molecular formula is C38H49F3N3O6P. The van der Waals surface area contributed by atoms with E-state index in [0.717, 1.165) is 16.7 Å². The summed E-state index contributed by atoms with van der Waals surface area (Å²) in [5, 5.41) is 9.24. The third-order valence-corrected chi connectivity index (χ3v) is 10.1. The molecule has 0 fully saturated rings. The molecule has 3 aromatic rings. The Morgan fingerprint density at radius 3 is 1.86 bits per heavy atom. The predicted molar refractivity (Wildman–Crippen MR) is 193 cm³/mol. The lowest BCUT2D eigenvalue weighted by molar-refractivity contribution is -0.280. The van der Waals surface area contributed by atoms with Crippen LogP contribution in [0.2, 0.25) is 0 Å². The number of nitriles is 1. The second-order valence-electron chi connectivity index (χ2n) is 12.2. The second kappa shape index (κ2) is 21.0. The van der Waals surface area contributed by atoms with Crippen molar-refractivity contribution in [3.05, 3.63) is 95.6 Å². The molecule has 0 spiro atoms. The average Bonchev–Trinajstić information content (AvgIpc) is 3.11. The van der Waals surface area contributed by atoms with E-state index in [1.807, 2.05) is 78.9 Å². The van der Waals surface area contributed by atoms with E-state index in [2.05, 4.69) is 48.2 Å². The van der Waals surface area contributed by atoms with Gasteiger partial charge >= 0.3 is 6.36 Å². The molecule has 0 amide bonds. The fourth-order valence-corrected chi connectivity index (χ4v) is 7.33. The zero-order valence-electron chi connectivity index (χ0n) is 30.1. The van der Waals surface area contributed by atoms with Gasteiger partial charge in [-0.25, -0.2) is 4.67 Å². The fraction of sp³-hybridized carbons (Fsp3) is 0.474.